The Morgan fingerprint density at radius 2 is 1.57 bits per heavy atom. The minimum absolute atomic E-state index is 0.605. The normalized spacial score (nSPS) is 11.2. The van der Waals surface area contributed by atoms with Crippen LogP contribution in [0, 0.1) is 0 Å². The molecule has 0 radical (unpaired) electrons. The van der Waals surface area contributed by atoms with Gasteiger partial charge in [0.2, 0.25) is 5.71 Å². The van der Waals surface area contributed by atoms with Gasteiger partial charge < -0.3 is 14.6 Å². The maximum Gasteiger partial charge on any atom is 0.232 e. The molecule has 0 fully saturated rings. The summed E-state index contributed by atoms with van der Waals surface area (Å²) in [5, 5.41) is 4.43. The molecule has 0 saturated heterocycles. The minimum atomic E-state index is 0.605. The third kappa shape index (κ3) is 3.75. The Labute approximate surface area is 165 Å². The molecule has 5 nitrogen and oxygen atoms in total. The van der Waals surface area contributed by atoms with Gasteiger partial charge in [0.1, 0.15) is 17.9 Å². The van der Waals surface area contributed by atoms with Gasteiger partial charge in [-0.3, -0.25) is 0 Å². The van der Waals surface area contributed by atoms with Crippen molar-refractivity contribution in [2.75, 3.05) is 32.5 Å². The number of anilines is 1. The predicted octanol–water partition coefficient (Wildman–Crippen LogP) is 3.50. The van der Waals surface area contributed by atoms with Crippen LogP contribution in [0.15, 0.2) is 71.4 Å². The van der Waals surface area contributed by atoms with Crippen molar-refractivity contribution in [1.29, 1.82) is 0 Å². The molecule has 0 saturated carbocycles. The van der Waals surface area contributed by atoms with E-state index in [1.165, 1.54) is 4.90 Å². The Morgan fingerprint density at radius 1 is 0.893 bits per heavy atom. The molecule has 0 amide bonds. The molecule has 0 aliphatic rings. The third-order valence-electron chi connectivity index (χ3n) is 4.73. The topological polar surface area (TPSA) is 55.4 Å². The molecule has 2 N–H and O–H groups in total. The number of aromatic nitrogens is 2. The van der Waals surface area contributed by atoms with Gasteiger partial charge in [-0.15, -0.1) is 0 Å². The molecular weight excluding hydrogens is 348 g/mol. The average Bonchev–Trinajstić information content (AvgIpc) is 3.13. The molecule has 142 valence electrons. The highest BCUT2D eigenvalue weighted by atomic mass is 16.3. The maximum absolute atomic E-state index is 6.23. The zero-order chi connectivity index (χ0) is 19.3. The standard InChI is InChI=1S/C23H24N4O/c1-27(2)15-9-14-24-22-20-19(17-10-5-3-6-11-17)21(18-12-7-4-8-13-18)28-23(20)26-16-25-22/h3-8,10-13,16H,9,14-15H2,1-2H3,(H,24,25,26)/p+1. The van der Waals surface area contributed by atoms with Crippen LogP contribution in [0.3, 0.4) is 0 Å². The van der Waals surface area contributed by atoms with Gasteiger partial charge in [0.05, 0.1) is 26.0 Å². The molecule has 4 rings (SSSR count). The lowest BCUT2D eigenvalue weighted by Crippen LogP contribution is -3.05. The molecule has 0 aliphatic heterocycles. The van der Waals surface area contributed by atoms with Crippen LogP contribution in [-0.2, 0) is 0 Å². The predicted molar refractivity (Wildman–Crippen MR) is 113 cm³/mol. The Bertz CT molecular complexity index is 1040. The summed E-state index contributed by atoms with van der Waals surface area (Å²) in [6.45, 7) is 1.96. The summed E-state index contributed by atoms with van der Waals surface area (Å²) in [5.74, 6) is 1.65. The van der Waals surface area contributed by atoms with Crippen molar-refractivity contribution in [2.45, 2.75) is 6.42 Å². The van der Waals surface area contributed by atoms with E-state index in [-0.39, 0.29) is 0 Å². The number of rotatable bonds is 7. The van der Waals surface area contributed by atoms with Crippen molar-refractivity contribution in [3.05, 3.63) is 67.0 Å². The third-order valence-corrected chi connectivity index (χ3v) is 4.73. The van der Waals surface area contributed by atoms with Gasteiger partial charge >= 0.3 is 0 Å². The van der Waals surface area contributed by atoms with E-state index in [1.54, 1.807) is 6.33 Å². The van der Waals surface area contributed by atoms with Gasteiger partial charge in [-0.1, -0.05) is 60.7 Å². The number of hydrogen-bond acceptors (Lipinski definition) is 4. The largest absolute Gasteiger partial charge is 0.437 e. The van der Waals surface area contributed by atoms with Crippen LogP contribution < -0.4 is 10.2 Å². The Morgan fingerprint density at radius 3 is 2.25 bits per heavy atom. The van der Waals surface area contributed by atoms with E-state index in [2.05, 4.69) is 53.6 Å². The number of furan rings is 1. The van der Waals surface area contributed by atoms with Gasteiger partial charge in [-0.25, -0.2) is 9.97 Å². The molecule has 4 aromatic rings. The van der Waals surface area contributed by atoms with E-state index in [0.29, 0.717) is 5.71 Å². The Kier molecular flexibility index (Phi) is 5.35. The minimum Gasteiger partial charge on any atom is -0.437 e. The van der Waals surface area contributed by atoms with E-state index < -0.39 is 0 Å². The SMILES string of the molecule is C[NH+](C)CCCNc1ncnc2oc(-c3ccccc3)c(-c3ccccc3)c12. The number of quaternary nitrogens is 1. The van der Waals surface area contributed by atoms with Crippen LogP contribution in [0.25, 0.3) is 33.6 Å². The van der Waals surface area contributed by atoms with Crippen molar-refractivity contribution in [3.8, 4) is 22.5 Å². The zero-order valence-electron chi connectivity index (χ0n) is 16.3. The van der Waals surface area contributed by atoms with E-state index in [4.69, 9.17) is 4.42 Å². The van der Waals surface area contributed by atoms with Crippen LogP contribution in [0.4, 0.5) is 5.82 Å². The summed E-state index contributed by atoms with van der Waals surface area (Å²) in [6, 6.07) is 20.5. The smallest absolute Gasteiger partial charge is 0.232 e. The first-order chi connectivity index (χ1) is 13.7. The Hall–Kier alpha value is -3.18. The maximum atomic E-state index is 6.23. The fourth-order valence-corrected chi connectivity index (χ4v) is 3.39. The fourth-order valence-electron chi connectivity index (χ4n) is 3.39. The van der Waals surface area contributed by atoms with Gasteiger partial charge in [0, 0.05) is 24.1 Å². The first kappa shape index (κ1) is 18.2. The van der Waals surface area contributed by atoms with Crippen LogP contribution in [0.5, 0.6) is 0 Å². The monoisotopic (exact) mass is 373 g/mol. The fraction of sp³-hybridized carbons (Fsp3) is 0.217. The number of hydrogen-bond donors (Lipinski definition) is 2. The summed E-state index contributed by atoms with van der Waals surface area (Å²) in [6.07, 6.45) is 2.63. The number of benzene rings is 2. The summed E-state index contributed by atoms with van der Waals surface area (Å²) in [5.41, 5.74) is 3.76. The molecule has 0 atom stereocenters. The lowest BCUT2D eigenvalue weighted by Gasteiger charge is -2.10. The Balaban J connectivity index is 1.83. The van der Waals surface area contributed by atoms with E-state index in [0.717, 1.165) is 53.2 Å². The number of nitrogens with zero attached hydrogens (tertiary/aromatic N) is 2. The molecule has 5 heteroatoms. The molecule has 0 bridgehead atoms. The second-order valence-corrected chi connectivity index (χ2v) is 7.18. The second-order valence-electron chi connectivity index (χ2n) is 7.18. The lowest BCUT2D eigenvalue weighted by molar-refractivity contribution is -0.858. The highest BCUT2D eigenvalue weighted by Gasteiger charge is 2.21. The van der Waals surface area contributed by atoms with E-state index in [1.807, 2.05) is 36.4 Å². The van der Waals surface area contributed by atoms with Crippen LogP contribution in [0.2, 0.25) is 0 Å². The molecular formula is C23H25N4O+. The van der Waals surface area contributed by atoms with Crippen molar-refractivity contribution in [1.82, 2.24) is 9.97 Å². The van der Waals surface area contributed by atoms with Crippen molar-refractivity contribution >= 4 is 16.9 Å². The van der Waals surface area contributed by atoms with Crippen LogP contribution in [-0.4, -0.2) is 37.2 Å². The van der Waals surface area contributed by atoms with Crippen molar-refractivity contribution in [3.63, 3.8) is 0 Å². The second kappa shape index (κ2) is 8.23. The van der Waals surface area contributed by atoms with Crippen LogP contribution in [0.1, 0.15) is 6.42 Å². The summed E-state index contributed by atoms with van der Waals surface area (Å²) in [7, 11) is 4.33. The number of fused-ring (bicyclic) bond motifs is 1. The lowest BCUT2D eigenvalue weighted by atomic mass is 9.99. The summed E-state index contributed by atoms with van der Waals surface area (Å²) in [4.78, 5) is 10.4. The number of nitrogens with one attached hydrogen (secondary N) is 2. The van der Waals surface area contributed by atoms with Gasteiger partial charge in [-0.05, 0) is 5.56 Å². The average molecular weight is 373 g/mol. The van der Waals surface area contributed by atoms with E-state index in [9.17, 15) is 0 Å². The first-order valence-corrected chi connectivity index (χ1v) is 9.65. The highest BCUT2D eigenvalue weighted by Crippen LogP contribution is 2.42. The highest BCUT2D eigenvalue weighted by molar-refractivity contribution is 6.05. The van der Waals surface area contributed by atoms with Crippen molar-refractivity contribution < 1.29 is 9.32 Å². The molecule has 2 aromatic carbocycles. The molecule has 0 unspecified atom stereocenters. The first-order valence-electron chi connectivity index (χ1n) is 9.65. The van der Waals surface area contributed by atoms with E-state index >= 15 is 0 Å². The quantitative estimate of drug-likeness (QED) is 0.487. The molecule has 2 heterocycles. The zero-order valence-corrected chi connectivity index (χ0v) is 16.3. The summed E-state index contributed by atoms with van der Waals surface area (Å²) >= 11 is 0. The van der Waals surface area contributed by atoms with Gasteiger partial charge in [-0.2, -0.15) is 0 Å². The van der Waals surface area contributed by atoms with Crippen molar-refractivity contribution in [2.24, 2.45) is 0 Å². The summed E-state index contributed by atoms with van der Waals surface area (Å²) < 4.78 is 6.23. The molecule has 28 heavy (non-hydrogen) atoms. The molecule has 0 spiro atoms. The molecule has 0 aliphatic carbocycles. The van der Waals surface area contributed by atoms with Gasteiger partial charge in [0.25, 0.3) is 0 Å². The molecule has 2 aromatic heterocycles. The van der Waals surface area contributed by atoms with Gasteiger partial charge in [0.15, 0.2) is 0 Å². The van der Waals surface area contributed by atoms with Crippen LogP contribution >= 0.6 is 0 Å².